The van der Waals surface area contributed by atoms with Gasteiger partial charge in [0.1, 0.15) is 0 Å². The molecule has 1 aliphatic rings. The minimum absolute atomic E-state index is 0.0437. The second-order valence-corrected chi connectivity index (χ2v) is 6.99. The molecule has 2 rings (SSSR count). The third kappa shape index (κ3) is 3.69. The molecule has 1 N–H and O–H groups in total. The van der Waals surface area contributed by atoms with Crippen LogP contribution in [-0.4, -0.2) is 45.4 Å². The highest BCUT2D eigenvalue weighted by molar-refractivity contribution is 7.83. The van der Waals surface area contributed by atoms with Crippen LogP contribution in [0.25, 0.3) is 0 Å². The quantitative estimate of drug-likeness (QED) is 0.911. The monoisotopic (exact) mass is 309 g/mol. The van der Waals surface area contributed by atoms with Gasteiger partial charge in [0.25, 0.3) is 5.91 Å². The molecular formula is C15H19NO4S. The summed E-state index contributed by atoms with van der Waals surface area (Å²) in [5.41, 5.74) is 1.37. The first-order valence-electron chi connectivity index (χ1n) is 6.79. The number of hydrogen-bond acceptors (Lipinski definition) is 3. The van der Waals surface area contributed by atoms with Crippen molar-refractivity contribution in [2.75, 3.05) is 19.3 Å². The third-order valence-electron chi connectivity index (χ3n) is 3.76. The summed E-state index contributed by atoms with van der Waals surface area (Å²) >= 11 is 0. The van der Waals surface area contributed by atoms with Crippen molar-refractivity contribution < 1.29 is 18.9 Å². The summed E-state index contributed by atoms with van der Waals surface area (Å²) in [5.74, 6) is -1.14. The van der Waals surface area contributed by atoms with E-state index in [9.17, 15) is 13.8 Å². The molecule has 1 aromatic rings. The Morgan fingerprint density at radius 1 is 1.38 bits per heavy atom. The van der Waals surface area contributed by atoms with E-state index >= 15 is 0 Å². The third-order valence-corrected chi connectivity index (χ3v) is 4.50. The van der Waals surface area contributed by atoms with Gasteiger partial charge in [-0.3, -0.25) is 13.8 Å². The summed E-state index contributed by atoms with van der Waals surface area (Å²) in [6.45, 7) is 2.56. The van der Waals surface area contributed by atoms with Crippen LogP contribution in [0.15, 0.2) is 24.3 Å². The van der Waals surface area contributed by atoms with Gasteiger partial charge in [-0.15, -0.1) is 0 Å². The normalized spacial score (nSPS) is 23.0. The second-order valence-electron chi connectivity index (χ2n) is 5.55. The van der Waals surface area contributed by atoms with E-state index in [0.29, 0.717) is 17.9 Å². The Kier molecular flexibility index (Phi) is 4.77. The van der Waals surface area contributed by atoms with Crippen LogP contribution in [0.4, 0.5) is 0 Å². The molecule has 6 heteroatoms. The fourth-order valence-corrected chi connectivity index (χ4v) is 3.31. The minimum atomic E-state index is -0.960. The number of aliphatic carboxylic acids is 1. The Bertz CT molecular complexity index is 587. The van der Waals surface area contributed by atoms with Crippen molar-refractivity contribution in [3.05, 3.63) is 35.4 Å². The second kappa shape index (κ2) is 6.39. The van der Waals surface area contributed by atoms with E-state index in [1.807, 2.05) is 13.0 Å². The van der Waals surface area contributed by atoms with Crippen molar-refractivity contribution in [1.82, 2.24) is 4.90 Å². The van der Waals surface area contributed by atoms with Crippen molar-refractivity contribution in [2.45, 2.75) is 12.7 Å². The first-order valence-corrected chi connectivity index (χ1v) is 8.52. The number of amides is 1. The Hall–Kier alpha value is -1.69. The molecule has 0 radical (unpaired) electrons. The number of benzene rings is 1. The Balaban J connectivity index is 2.14. The molecule has 1 aliphatic heterocycles. The summed E-state index contributed by atoms with van der Waals surface area (Å²) in [7, 11) is -0.960. The topological polar surface area (TPSA) is 74.7 Å². The molecular weight excluding hydrogens is 290 g/mol. The standard InChI is InChI=1S/C15H19NO4S/c1-10-7-16(8-13(10)15(18)19)14(17)12-5-3-4-11(6-12)9-21(2)20/h3-6,10,13H,7-9H2,1-2H3,(H,18,19)/t10-,13-,21?/m1/s1. The average Bonchev–Trinajstić information content (AvgIpc) is 2.79. The number of carboxylic acids is 1. The minimum Gasteiger partial charge on any atom is -0.481 e. The van der Waals surface area contributed by atoms with Gasteiger partial charge in [-0.25, -0.2) is 0 Å². The largest absolute Gasteiger partial charge is 0.481 e. The lowest BCUT2D eigenvalue weighted by Gasteiger charge is -2.16. The fourth-order valence-electron chi connectivity index (χ4n) is 2.67. The highest BCUT2D eigenvalue weighted by atomic mass is 32.2. The van der Waals surface area contributed by atoms with Gasteiger partial charge in [-0.1, -0.05) is 19.1 Å². The van der Waals surface area contributed by atoms with Crippen LogP contribution < -0.4 is 0 Å². The molecule has 1 saturated heterocycles. The number of rotatable bonds is 4. The molecule has 1 amide bonds. The summed E-state index contributed by atoms with van der Waals surface area (Å²) in [5, 5.41) is 9.13. The first kappa shape index (κ1) is 15.7. The van der Waals surface area contributed by atoms with Crippen molar-refractivity contribution in [3.8, 4) is 0 Å². The molecule has 1 aromatic carbocycles. The summed E-state index contributed by atoms with van der Waals surface area (Å²) in [4.78, 5) is 25.2. The van der Waals surface area contributed by atoms with Gasteiger partial charge in [-0.2, -0.15) is 0 Å². The van der Waals surface area contributed by atoms with Crippen molar-refractivity contribution >= 4 is 22.7 Å². The van der Waals surface area contributed by atoms with Gasteiger partial charge in [0, 0.05) is 41.5 Å². The van der Waals surface area contributed by atoms with E-state index in [0.717, 1.165) is 5.56 Å². The van der Waals surface area contributed by atoms with E-state index in [1.54, 1.807) is 29.4 Å². The maximum absolute atomic E-state index is 12.5. The highest BCUT2D eigenvalue weighted by Crippen LogP contribution is 2.25. The Morgan fingerprint density at radius 2 is 2.10 bits per heavy atom. The van der Waals surface area contributed by atoms with Crippen LogP contribution in [0.5, 0.6) is 0 Å². The summed E-state index contributed by atoms with van der Waals surface area (Å²) in [6.07, 6.45) is 1.62. The molecule has 0 bridgehead atoms. The van der Waals surface area contributed by atoms with Crippen molar-refractivity contribution in [1.29, 1.82) is 0 Å². The number of likely N-dealkylation sites (tertiary alicyclic amines) is 1. The molecule has 21 heavy (non-hydrogen) atoms. The number of carbonyl (C=O) groups is 2. The Labute approximate surface area is 126 Å². The van der Waals surface area contributed by atoms with Crippen molar-refractivity contribution in [3.63, 3.8) is 0 Å². The number of carboxylic acid groups (broad SMARTS) is 1. The van der Waals surface area contributed by atoms with Gasteiger partial charge in [-0.05, 0) is 23.6 Å². The molecule has 1 unspecified atom stereocenters. The molecule has 3 atom stereocenters. The van der Waals surface area contributed by atoms with Crippen LogP contribution in [-0.2, 0) is 21.3 Å². The molecule has 0 aliphatic carbocycles. The van der Waals surface area contributed by atoms with E-state index in [1.165, 1.54) is 0 Å². The van der Waals surface area contributed by atoms with Gasteiger partial charge >= 0.3 is 5.97 Å². The predicted octanol–water partition coefficient (Wildman–Crippen LogP) is 1.36. The lowest BCUT2D eigenvalue weighted by molar-refractivity contribution is -0.142. The van der Waals surface area contributed by atoms with Gasteiger partial charge < -0.3 is 10.0 Å². The van der Waals surface area contributed by atoms with Crippen LogP contribution in [0.1, 0.15) is 22.8 Å². The van der Waals surface area contributed by atoms with Gasteiger partial charge in [0.2, 0.25) is 0 Å². The van der Waals surface area contributed by atoms with E-state index in [2.05, 4.69) is 0 Å². The summed E-state index contributed by atoms with van der Waals surface area (Å²) in [6, 6.07) is 7.06. The van der Waals surface area contributed by atoms with Crippen LogP contribution >= 0.6 is 0 Å². The number of carbonyl (C=O) groups excluding carboxylic acids is 1. The van der Waals surface area contributed by atoms with E-state index < -0.39 is 22.7 Å². The fraction of sp³-hybridized carbons (Fsp3) is 0.467. The Morgan fingerprint density at radius 3 is 2.67 bits per heavy atom. The van der Waals surface area contributed by atoms with E-state index in [4.69, 9.17) is 5.11 Å². The van der Waals surface area contributed by atoms with E-state index in [-0.39, 0.29) is 18.4 Å². The zero-order valence-electron chi connectivity index (χ0n) is 12.1. The van der Waals surface area contributed by atoms with Crippen LogP contribution in [0, 0.1) is 11.8 Å². The van der Waals surface area contributed by atoms with Gasteiger partial charge in [0.05, 0.1) is 5.92 Å². The molecule has 5 nitrogen and oxygen atoms in total. The predicted molar refractivity (Wildman–Crippen MR) is 80.4 cm³/mol. The molecule has 0 saturated carbocycles. The number of hydrogen-bond donors (Lipinski definition) is 1. The maximum Gasteiger partial charge on any atom is 0.308 e. The smallest absolute Gasteiger partial charge is 0.308 e. The highest BCUT2D eigenvalue weighted by Gasteiger charge is 2.37. The first-order chi connectivity index (χ1) is 9.88. The molecule has 0 aromatic heterocycles. The van der Waals surface area contributed by atoms with Crippen LogP contribution in [0.3, 0.4) is 0 Å². The zero-order valence-corrected chi connectivity index (χ0v) is 12.9. The molecule has 1 fully saturated rings. The summed E-state index contributed by atoms with van der Waals surface area (Å²) < 4.78 is 11.3. The van der Waals surface area contributed by atoms with Crippen LogP contribution in [0.2, 0.25) is 0 Å². The lowest BCUT2D eigenvalue weighted by Crippen LogP contribution is -2.30. The maximum atomic E-state index is 12.5. The molecule has 1 heterocycles. The lowest BCUT2D eigenvalue weighted by atomic mass is 9.99. The average molecular weight is 309 g/mol. The molecule has 114 valence electrons. The molecule has 0 spiro atoms. The van der Waals surface area contributed by atoms with Crippen molar-refractivity contribution in [2.24, 2.45) is 11.8 Å². The SMILES string of the molecule is C[C@@H]1CN(C(=O)c2cccc(CS(C)=O)c2)C[C@H]1C(=O)O. The number of nitrogens with zero attached hydrogens (tertiary/aromatic N) is 1. The zero-order chi connectivity index (χ0) is 15.6. The van der Waals surface area contributed by atoms with Gasteiger partial charge in [0.15, 0.2) is 0 Å².